The zero-order chi connectivity index (χ0) is 16.3. The molecule has 6 heteroatoms. The summed E-state index contributed by atoms with van der Waals surface area (Å²) in [5, 5.41) is 0. The number of carbonyl (C=O) groups is 1. The van der Waals surface area contributed by atoms with E-state index in [9.17, 15) is 22.4 Å². The summed E-state index contributed by atoms with van der Waals surface area (Å²) < 4.78 is 56.9. The van der Waals surface area contributed by atoms with Crippen LogP contribution in [0, 0.1) is 5.82 Å². The van der Waals surface area contributed by atoms with E-state index in [4.69, 9.17) is 4.74 Å². The van der Waals surface area contributed by atoms with Gasteiger partial charge in [-0.1, -0.05) is 12.1 Å². The van der Waals surface area contributed by atoms with Gasteiger partial charge < -0.3 is 4.74 Å². The Bertz CT molecular complexity index is 676. The second kappa shape index (κ2) is 6.17. The zero-order valence-corrected chi connectivity index (χ0v) is 11.6. The normalized spacial score (nSPS) is 11.3. The molecule has 0 aromatic heterocycles. The van der Waals surface area contributed by atoms with Crippen LogP contribution in [0.1, 0.15) is 28.4 Å². The van der Waals surface area contributed by atoms with Crippen molar-refractivity contribution in [3.05, 3.63) is 65.0 Å². The fraction of sp³-hybridized carbons (Fsp3) is 0.188. The Hall–Kier alpha value is -2.37. The molecule has 2 nitrogen and oxygen atoms in total. The maximum absolute atomic E-state index is 12.9. The van der Waals surface area contributed by atoms with Crippen molar-refractivity contribution in [2.75, 3.05) is 0 Å². The van der Waals surface area contributed by atoms with E-state index in [0.717, 1.165) is 19.1 Å². The van der Waals surface area contributed by atoms with Crippen LogP contribution in [0.2, 0.25) is 0 Å². The molecule has 22 heavy (non-hydrogen) atoms. The van der Waals surface area contributed by atoms with Crippen LogP contribution in [0.5, 0.6) is 5.75 Å². The van der Waals surface area contributed by atoms with Crippen LogP contribution in [0.3, 0.4) is 0 Å². The molecule has 0 unspecified atom stereocenters. The van der Waals surface area contributed by atoms with Gasteiger partial charge in [-0.3, -0.25) is 4.79 Å². The zero-order valence-electron chi connectivity index (χ0n) is 11.6. The Kier molecular flexibility index (Phi) is 4.49. The third kappa shape index (κ3) is 3.84. The Labute approximate surface area is 124 Å². The van der Waals surface area contributed by atoms with Crippen molar-refractivity contribution in [2.24, 2.45) is 0 Å². The lowest BCUT2D eigenvalue weighted by Crippen LogP contribution is -2.12. The standard InChI is InChI=1S/C16H12F4O2/c1-10(21)14-7-6-13(8-15(14)16(18,19)20)22-9-11-2-4-12(17)5-3-11/h2-8H,9H2,1H3. The summed E-state index contributed by atoms with van der Waals surface area (Å²) >= 11 is 0. The number of ketones is 1. The lowest BCUT2D eigenvalue weighted by atomic mass is 10.0. The first-order chi connectivity index (χ1) is 10.3. The number of rotatable bonds is 4. The van der Waals surface area contributed by atoms with E-state index in [1.165, 1.54) is 30.3 Å². The number of ether oxygens (including phenoxy) is 1. The highest BCUT2D eigenvalue weighted by atomic mass is 19.4. The van der Waals surface area contributed by atoms with E-state index in [0.29, 0.717) is 5.56 Å². The van der Waals surface area contributed by atoms with E-state index < -0.39 is 28.9 Å². The molecule has 0 aliphatic carbocycles. The Morgan fingerprint density at radius 3 is 2.27 bits per heavy atom. The van der Waals surface area contributed by atoms with Crippen LogP contribution in [-0.4, -0.2) is 5.78 Å². The molecule has 0 amide bonds. The third-order valence-corrected chi connectivity index (χ3v) is 2.99. The first-order valence-corrected chi connectivity index (χ1v) is 6.37. The van der Waals surface area contributed by atoms with E-state index in [1.54, 1.807) is 0 Å². The molecule has 0 fully saturated rings. The van der Waals surface area contributed by atoms with Gasteiger partial charge in [-0.15, -0.1) is 0 Å². The van der Waals surface area contributed by atoms with Gasteiger partial charge in [0.25, 0.3) is 0 Å². The summed E-state index contributed by atoms with van der Waals surface area (Å²) in [4.78, 5) is 11.3. The largest absolute Gasteiger partial charge is 0.489 e. The molecule has 0 aliphatic heterocycles. The molecular weight excluding hydrogens is 300 g/mol. The topological polar surface area (TPSA) is 26.3 Å². The van der Waals surface area contributed by atoms with Gasteiger partial charge in [0, 0.05) is 5.56 Å². The molecule has 0 N–H and O–H groups in total. The third-order valence-electron chi connectivity index (χ3n) is 2.99. The molecule has 2 aromatic carbocycles. The van der Waals surface area contributed by atoms with Gasteiger partial charge in [0.2, 0.25) is 0 Å². The van der Waals surface area contributed by atoms with Crippen LogP contribution >= 0.6 is 0 Å². The second-order valence-electron chi connectivity index (χ2n) is 4.68. The van der Waals surface area contributed by atoms with E-state index in [2.05, 4.69) is 0 Å². The lowest BCUT2D eigenvalue weighted by molar-refractivity contribution is -0.138. The number of benzene rings is 2. The van der Waals surface area contributed by atoms with Crippen molar-refractivity contribution in [1.82, 2.24) is 0 Å². The van der Waals surface area contributed by atoms with Crippen molar-refractivity contribution in [1.29, 1.82) is 0 Å². The minimum atomic E-state index is -4.64. The first kappa shape index (κ1) is 16.0. The highest BCUT2D eigenvalue weighted by Gasteiger charge is 2.34. The summed E-state index contributed by atoms with van der Waals surface area (Å²) in [6, 6.07) is 8.60. The number of Topliss-reactive ketones (excluding diaryl/α,β-unsaturated/α-hetero) is 1. The van der Waals surface area contributed by atoms with Gasteiger partial charge in [-0.25, -0.2) is 4.39 Å². The molecular formula is C16H12F4O2. The number of halogens is 4. The Morgan fingerprint density at radius 2 is 1.73 bits per heavy atom. The number of alkyl halides is 3. The minimum Gasteiger partial charge on any atom is -0.489 e. The summed E-state index contributed by atoms with van der Waals surface area (Å²) in [7, 11) is 0. The SMILES string of the molecule is CC(=O)c1ccc(OCc2ccc(F)cc2)cc1C(F)(F)F. The smallest absolute Gasteiger partial charge is 0.417 e. The fourth-order valence-corrected chi connectivity index (χ4v) is 1.90. The molecule has 0 saturated heterocycles. The number of carbonyl (C=O) groups excluding carboxylic acids is 1. The molecule has 2 rings (SSSR count). The van der Waals surface area contributed by atoms with Crippen LogP contribution in [0.25, 0.3) is 0 Å². The molecule has 0 spiro atoms. The van der Waals surface area contributed by atoms with Gasteiger partial charge in [0.05, 0.1) is 5.56 Å². The van der Waals surface area contributed by atoms with Gasteiger partial charge in [0.1, 0.15) is 18.2 Å². The monoisotopic (exact) mass is 312 g/mol. The van der Waals surface area contributed by atoms with Crippen molar-refractivity contribution in [3.8, 4) is 5.75 Å². The molecule has 0 heterocycles. The molecule has 0 atom stereocenters. The van der Waals surface area contributed by atoms with Gasteiger partial charge >= 0.3 is 6.18 Å². The van der Waals surface area contributed by atoms with Crippen molar-refractivity contribution < 1.29 is 27.1 Å². The molecule has 0 bridgehead atoms. The summed E-state index contributed by atoms with van der Waals surface area (Å²) in [6.07, 6.45) is -4.64. The van der Waals surface area contributed by atoms with Gasteiger partial charge in [-0.2, -0.15) is 13.2 Å². The van der Waals surface area contributed by atoms with Gasteiger partial charge in [-0.05, 0) is 42.8 Å². The van der Waals surface area contributed by atoms with E-state index in [1.807, 2.05) is 0 Å². The highest BCUT2D eigenvalue weighted by molar-refractivity contribution is 5.95. The maximum Gasteiger partial charge on any atom is 0.417 e. The second-order valence-corrected chi connectivity index (χ2v) is 4.68. The molecule has 116 valence electrons. The summed E-state index contributed by atoms with van der Waals surface area (Å²) in [6.45, 7) is 1.07. The van der Waals surface area contributed by atoms with Crippen LogP contribution in [0.15, 0.2) is 42.5 Å². The first-order valence-electron chi connectivity index (χ1n) is 6.37. The fourth-order valence-electron chi connectivity index (χ4n) is 1.90. The molecule has 0 radical (unpaired) electrons. The minimum absolute atomic E-state index is 0.00298. The predicted molar refractivity (Wildman–Crippen MR) is 72.2 cm³/mol. The van der Waals surface area contributed by atoms with Crippen LogP contribution in [0.4, 0.5) is 17.6 Å². The molecule has 0 aliphatic rings. The van der Waals surface area contributed by atoms with Crippen molar-refractivity contribution >= 4 is 5.78 Å². The molecule has 2 aromatic rings. The van der Waals surface area contributed by atoms with Gasteiger partial charge in [0.15, 0.2) is 5.78 Å². The number of hydrogen-bond acceptors (Lipinski definition) is 2. The Balaban J connectivity index is 2.21. The Morgan fingerprint density at radius 1 is 1.09 bits per heavy atom. The average molecular weight is 312 g/mol. The summed E-state index contributed by atoms with van der Waals surface area (Å²) in [5.74, 6) is -1.09. The highest BCUT2D eigenvalue weighted by Crippen LogP contribution is 2.34. The van der Waals surface area contributed by atoms with E-state index >= 15 is 0 Å². The van der Waals surface area contributed by atoms with E-state index in [-0.39, 0.29) is 12.4 Å². The average Bonchev–Trinajstić information content (AvgIpc) is 2.45. The van der Waals surface area contributed by atoms with Crippen LogP contribution in [-0.2, 0) is 12.8 Å². The lowest BCUT2D eigenvalue weighted by Gasteiger charge is -2.13. The quantitative estimate of drug-likeness (QED) is 0.608. The number of hydrogen-bond donors (Lipinski definition) is 0. The van der Waals surface area contributed by atoms with Crippen molar-refractivity contribution in [3.63, 3.8) is 0 Å². The van der Waals surface area contributed by atoms with Crippen LogP contribution < -0.4 is 4.74 Å². The molecule has 0 saturated carbocycles. The van der Waals surface area contributed by atoms with Crippen molar-refractivity contribution in [2.45, 2.75) is 19.7 Å². The summed E-state index contributed by atoms with van der Waals surface area (Å²) in [5.41, 5.74) is -0.816. The predicted octanol–water partition coefficient (Wildman–Crippen LogP) is 4.63. The maximum atomic E-state index is 12.9.